The highest BCUT2D eigenvalue weighted by atomic mass is 35.5. The van der Waals surface area contributed by atoms with Gasteiger partial charge in [-0.25, -0.2) is 9.78 Å². The lowest BCUT2D eigenvalue weighted by Gasteiger charge is -2.08. The summed E-state index contributed by atoms with van der Waals surface area (Å²) in [6.45, 7) is 5.95. The van der Waals surface area contributed by atoms with Crippen molar-refractivity contribution in [2.45, 2.75) is 33.4 Å². The third kappa shape index (κ3) is 3.22. The van der Waals surface area contributed by atoms with E-state index in [2.05, 4.69) is 10.3 Å². The number of hydrogen-bond acceptors (Lipinski definition) is 3. The molecule has 2 rings (SSSR count). The van der Waals surface area contributed by atoms with Crippen LogP contribution < -0.4 is 11.0 Å². The van der Waals surface area contributed by atoms with E-state index in [4.69, 9.17) is 11.6 Å². The minimum Gasteiger partial charge on any atom is -0.370 e. The van der Waals surface area contributed by atoms with Crippen molar-refractivity contribution in [3.63, 3.8) is 0 Å². The standard InChI is InChI=1S/C14H19ClN4O/c1-3-7-18-8-9-19(14(18)20)10-12-11(15)5-6-13(17-12)16-4-2/h5-6,8-9H,3-4,7,10H2,1-2H3,(H,16,17). The molecular formula is C14H19ClN4O. The molecule has 0 atom stereocenters. The molecule has 2 aromatic heterocycles. The van der Waals surface area contributed by atoms with Gasteiger partial charge in [-0.05, 0) is 25.5 Å². The number of nitrogens with zero attached hydrogens (tertiary/aromatic N) is 3. The van der Waals surface area contributed by atoms with E-state index >= 15 is 0 Å². The van der Waals surface area contributed by atoms with Crippen LogP contribution in [0.15, 0.2) is 29.3 Å². The molecule has 0 aromatic carbocycles. The van der Waals surface area contributed by atoms with Crippen LogP contribution in [0.25, 0.3) is 0 Å². The van der Waals surface area contributed by atoms with Gasteiger partial charge in [-0.1, -0.05) is 18.5 Å². The van der Waals surface area contributed by atoms with Crippen LogP contribution in [0.4, 0.5) is 5.82 Å². The van der Waals surface area contributed by atoms with Gasteiger partial charge in [-0.2, -0.15) is 0 Å². The quantitative estimate of drug-likeness (QED) is 0.891. The molecule has 0 aliphatic heterocycles. The Kier molecular flexibility index (Phi) is 4.84. The molecule has 20 heavy (non-hydrogen) atoms. The van der Waals surface area contributed by atoms with E-state index in [0.717, 1.165) is 25.3 Å². The van der Waals surface area contributed by atoms with Crippen molar-refractivity contribution in [3.8, 4) is 0 Å². The SMILES string of the molecule is CCCn1ccn(Cc2nc(NCC)ccc2Cl)c1=O. The Labute approximate surface area is 123 Å². The average molecular weight is 295 g/mol. The van der Waals surface area contributed by atoms with Gasteiger partial charge in [0.25, 0.3) is 0 Å². The summed E-state index contributed by atoms with van der Waals surface area (Å²) in [5, 5.41) is 3.71. The van der Waals surface area contributed by atoms with Gasteiger partial charge in [-0.3, -0.25) is 9.13 Å². The monoisotopic (exact) mass is 294 g/mol. The zero-order valence-electron chi connectivity index (χ0n) is 11.8. The van der Waals surface area contributed by atoms with Crippen LogP contribution in [0.1, 0.15) is 26.0 Å². The lowest BCUT2D eigenvalue weighted by Crippen LogP contribution is -2.24. The number of hydrogen-bond donors (Lipinski definition) is 1. The number of rotatable bonds is 6. The van der Waals surface area contributed by atoms with Gasteiger partial charge in [0.1, 0.15) is 5.82 Å². The zero-order chi connectivity index (χ0) is 14.5. The Morgan fingerprint density at radius 1 is 1.25 bits per heavy atom. The molecule has 2 aromatic rings. The maximum absolute atomic E-state index is 12.1. The summed E-state index contributed by atoms with van der Waals surface area (Å²) in [6.07, 6.45) is 4.50. The van der Waals surface area contributed by atoms with Crippen LogP contribution in [0.2, 0.25) is 5.02 Å². The van der Waals surface area contributed by atoms with Crippen LogP contribution in [0, 0.1) is 0 Å². The van der Waals surface area contributed by atoms with Gasteiger partial charge < -0.3 is 5.32 Å². The van der Waals surface area contributed by atoms with Crippen LogP contribution in [-0.2, 0) is 13.1 Å². The van der Waals surface area contributed by atoms with Crippen molar-refractivity contribution >= 4 is 17.4 Å². The number of nitrogens with one attached hydrogen (secondary N) is 1. The summed E-state index contributed by atoms with van der Waals surface area (Å²) in [5.41, 5.74) is 0.667. The van der Waals surface area contributed by atoms with E-state index < -0.39 is 0 Å². The molecule has 0 saturated carbocycles. The maximum Gasteiger partial charge on any atom is 0.328 e. The summed E-state index contributed by atoms with van der Waals surface area (Å²) >= 11 is 6.15. The number of anilines is 1. The van der Waals surface area contributed by atoms with Gasteiger partial charge in [0.2, 0.25) is 0 Å². The van der Waals surface area contributed by atoms with E-state index in [9.17, 15) is 4.79 Å². The highest BCUT2D eigenvalue weighted by Crippen LogP contribution is 2.17. The first-order valence-corrected chi connectivity index (χ1v) is 7.18. The minimum absolute atomic E-state index is 0.0291. The Bertz CT molecular complexity index is 632. The summed E-state index contributed by atoms with van der Waals surface area (Å²) in [4.78, 5) is 16.6. The van der Waals surface area contributed by atoms with Gasteiger partial charge in [0.15, 0.2) is 0 Å². The second-order valence-electron chi connectivity index (χ2n) is 4.56. The van der Waals surface area contributed by atoms with Crippen molar-refractivity contribution in [1.82, 2.24) is 14.1 Å². The number of imidazole rings is 1. The van der Waals surface area contributed by atoms with Crippen molar-refractivity contribution in [2.24, 2.45) is 0 Å². The molecule has 0 fully saturated rings. The van der Waals surface area contributed by atoms with E-state index in [1.165, 1.54) is 0 Å². The van der Waals surface area contributed by atoms with Crippen LogP contribution in [0.5, 0.6) is 0 Å². The predicted molar refractivity (Wildman–Crippen MR) is 81.5 cm³/mol. The molecule has 108 valence electrons. The first-order chi connectivity index (χ1) is 9.65. The second-order valence-corrected chi connectivity index (χ2v) is 4.96. The summed E-state index contributed by atoms with van der Waals surface area (Å²) in [6, 6.07) is 3.64. The fourth-order valence-electron chi connectivity index (χ4n) is 2.02. The molecule has 1 N–H and O–H groups in total. The molecule has 0 aliphatic rings. The lowest BCUT2D eigenvalue weighted by atomic mass is 10.3. The third-order valence-electron chi connectivity index (χ3n) is 2.98. The zero-order valence-corrected chi connectivity index (χ0v) is 12.5. The van der Waals surface area contributed by atoms with Gasteiger partial charge in [-0.15, -0.1) is 0 Å². The Morgan fingerprint density at radius 3 is 2.70 bits per heavy atom. The van der Waals surface area contributed by atoms with E-state index in [0.29, 0.717) is 17.3 Å². The molecule has 0 amide bonds. The first-order valence-electron chi connectivity index (χ1n) is 6.80. The topological polar surface area (TPSA) is 51.9 Å². The molecular weight excluding hydrogens is 276 g/mol. The number of aromatic nitrogens is 3. The molecule has 5 nitrogen and oxygen atoms in total. The van der Waals surface area contributed by atoms with E-state index in [1.807, 2.05) is 19.9 Å². The second kappa shape index (κ2) is 6.61. The fraction of sp³-hybridized carbons (Fsp3) is 0.429. The van der Waals surface area contributed by atoms with E-state index in [-0.39, 0.29) is 5.69 Å². The molecule has 0 saturated heterocycles. The lowest BCUT2D eigenvalue weighted by molar-refractivity contribution is 0.621. The predicted octanol–water partition coefficient (Wildman–Crippen LogP) is 2.59. The molecule has 0 spiro atoms. The minimum atomic E-state index is -0.0291. The van der Waals surface area contributed by atoms with Crippen molar-refractivity contribution in [3.05, 3.63) is 45.7 Å². The highest BCUT2D eigenvalue weighted by molar-refractivity contribution is 6.31. The van der Waals surface area contributed by atoms with Crippen molar-refractivity contribution in [2.75, 3.05) is 11.9 Å². The molecule has 0 unspecified atom stereocenters. The number of aryl methyl sites for hydroxylation is 1. The Hall–Kier alpha value is -1.75. The fourth-order valence-corrected chi connectivity index (χ4v) is 2.19. The molecule has 0 aliphatic carbocycles. The third-order valence-corrected chi connectivity index (χ3v) is 3.32. The number of halogens is 1. The van der Waals surface area contributed by atoms with Crippen LogP contribution in [-0.4, -0.2) is 20.7 Å². The average Bonchev–Trinajstić information content (AvgIpc) is 2.76. The summed E-state index contributed by atoms with van der Waals surface area (Å²) < 4.78 is 3.32. The first kappa shape index (κ1) is 14.7. The summed E-state index contributed by atoms with van der Waals surface area (Å²) in [7, 11) is 0. The number of pyridine rings is 1. The molecule has 0 radical (unpaired) electrons. The van der Waals surface area contributed by atoms with Crippen molar-refractivity contribution < 1.29 is 0 Å². The van der Waals surface area contributed by atoms with Crippen molar-refractivity contribution in [1.29, 1.82) is 0 Å². The smallest absolute Gasteiger partial charge is 0.328 e. The Balaban J connectivity index is 2.25. The maximum atomic E-state index is 12.1. The van der Waals surface area contributed by atoms with Gasteiger partial charge >= 0.3 is 5.69 Å². The molecule has 2 heterocycles. The highest BCUT2D eigenvalue weighted by Gasteiger charge is 2.08. The largest absolute Gasteiger partial charge is 0.370 e. The summed E-state index contributed by atoms with van der Waals surface area (Å²) in [5.74, 6) is 0.771. The Morgan fingerprint density at radius 2 is 2.00 bits per heavy atom. The van der Waals surface area contributed by atoms with Crippen LogP contribution >= 0.6 is 11.6 Å². The normalized spacial score (nSPS) is 10.8. The molecule has 0 bridgehead atoms. The van der Waals surface area contributed by atoms with Gasteiger partial charge in [0, 0.05) is 25.5 Å². The van der Waals surface area contributed by atoms with Crippen LogP contribution in [0.3, 0.4) is 0 Å². The molecule has 6 heteroatoms. The van der Waals surface area contributed by atoms with E-state index in [1.54, 1.807) is 27.6 Å². The van der Waals surface area contributed by atoms with Gasteiger partial charge in [0.05, 0.1) is 17.3 Å².